The van der Waals surface area contributed by atoms with Crippen LogP contribution in [0.4, 0.5) is 21.9 Å². The molecule has 0 bridgehead atoms. The molecule has 1 saturated heterocycles. The van der Waals surface area contributed by atoms with Gasteiger partial charge in [0.2, 0.25) is 0 Å². The molecule has 1 fully saturated rings. The number of amides is 3. The maximum Gasteiger partial charge on any atom is 0.323 e. The van der Waals surface area contributed by atoms with Gasteiger partial charge >= 0.3 is 6.03 Å². The Balaban J connectivity index is 1.51. The highest BCUT2D eigenvalue weighted by Gasteiger charge is 2.24. The number of anilines is 3. The van der Waals surface area contributed by atoms with Crippen molar-refractivity contribution in [1.82, 2.24) is 5.32 Å². The molecule has 218 valence electrons. The van der Waals surface area contributed by atoms with Crippen LogP contribution in [0.1, 0.15) is 93.3 Å². The summed E-state index contributed by atoms with van der Waals surface area (Å²) in [6.07, 6.45) is 3.25. The molecular weight excluding hydrogens is 508 g/mol. The van der Waals surface area contributed by atoms with Crippen molar-refractivity contribution in [3.63, 3.8) is 0 Å². The van der Waals surface area contributed by atoms with E-state index in [-0.39, 0.29) is 29.8 Å². The zero-order chi connectivity index (χ0) is 29.5. The summed E-state index contributed by atoms with van der Waals surface area (Å²) in [4.78, 5) is 28.9. The van der Waals surface area contributed by atoms with Crippen LogP contribution in [-0.4, -0.2) is 31.1 Å². The molecule has 0 aliphatic carbocycles. The first kappa shape index (κ1) is 30.2. The first-order chi connectivity index (χ1) is 19.6. The lowest BCUT2D eigenvalue weighted by molar-refractivity contribution is 0.0943. The number of rotatable bonds is 9. The second kappa shape index (κ2) is 13.7. The van der Waals surface area contributed by atoms with Crippen molar-refractivity contribution in [1.29, 1.82) is 0 Å². The van der Waals surface area contributed by atoms with Crippen molar-refractivity contribution >= 4 is 29.0 Å². The smallest absolute Gasteiger partial charge is 0.323 e. The van der Waals surface area contributed by atoms with E-state index in [0.29, 0.717) is 17.2 Å². The van der Waals surface area contributed by atoms with Gasteiger partial charge in [0.1, 0.15) is 0 Å². The van der Waals surface area contributed by atoms with E-state index < -0.39 is 0 Å². The highest BCUT2D eigenvalue weighted by molar-refractivity contribution is 6.04. The second-order valence-corrected chi connectivity index (χ2v) is 12.2. The lowest BCUT2D eigenvalue weighted by Gasteiger charge is -2.35. The largest absolute Gasteiger partial charge is 0.371 e. The molecule has 0 unspecified atom stereocenters. The second-order valence-electron chi connectivity index (χ2n) is 12.2. The molecule has 6 nitrogen and oxygen atoms in total. The van der Waals surface area contributed by atoms with Gasteiger partial charge in [0.25, 0.3) is 5.91 Å². The monoisotopic (exact) mass is 554 g/mol. The van der Waals surface area contributed by atoms with E-state index in [1.54, 1.807) is 6.07 Å². The highest BCUT2D eigenvalue weighted by Crippen LogP contribution is 2.33. The fourth-order valence-corrected chi connectivity index (χ4v) is 5.71. The molecule has 0 atom stereocenters. The van der Waals surface area contributed by atoms with Crippen molar-refractivity contribution < 1.29 is 9.59 Å². The number of carbonyl (C=O) groups excluding carboxylic acids is 2. The van der Waals surface area contributed by atoms with Crippen LogP contribution in [0, 0.1) is 5.92 Å². The van der Waals surface area contributed by atoms with Crippen LogP contribution in [0.2, 0.25) is 0 Å². The van der Waals surface area contributed by atoms with Gasteiger partial charge in [0.05, 0.1) is 5.56 Å². The molecule has 0 spiro atoms. The Morgan fingerprint density at radius 3 is 2.02 bits per heavy atom. The van der Waals surface area contributed by atoms with Crippen molar-refractivity contribution in [2.75, 3.05) is 28.6 Å². The molecule has 3 amide bonds. The quantitative estimate of drug-likeness (QED) is 0.250. The van der Waals surface area contributed by atoms with E-state index in [2.05, 4.69) is 97.1 Å². The van der Waals surface area contributed by atoms with Crippen LogP contribution in [0.15, 0.2) is 66.7 Å². The predicted octanol–water partition coefficient (Wildman–Crippen LogP) is 8.17. The molecule has 0 saturated carbocycles. The van der Waals surface area contributed by atoms with Gasteiger partial charge in [-0.25, -0.2) is 4.79 Å². The third-order valence-electron chi connectivity index (χ3n) is 7.85. The molecule has 3 N–H and O–H groups in total. The first-order valence-corrected chi connectivity index (χ1v) is 15.1. The van der Waals surface area contributed by atoms with E-state index >= 15 is 0 Å². The van der Waals surface area contributed by atoms with Crippen LogP contribution in [0.25, 0.3) is 0 Å². The Morgan fingerprint density at radius 2 is 1.44 bits per heavy atom. The summed E-state index contributed by atoms with van der Waals surface area (Å²) in [7, 11) is 0. The number of hydrogen-bond donors (Lipinski definition) is 3. The molecule has 0 radical (unpaired) electrons. The lowest BCUT2D eigenvalue weighted by Crippen LogP contribution is -2.37. The fraction of sp³-hybridized carbons (Fsp3) is 0.429. The Labute approximate surface area is 245 Å². The number of piperidine rings is 1. The minimum Gasteiger partial charge on any atom is -0.371 e. The van der Waals surface area contributed by atoms with Gasteiger partial charge in [0, 0.05) is 36.2 Å². The number of nitrogens with zero attached hydrogens (tertiary/aromatic N) is 1. The number of para-hydroxylation sites is 1. The molecule has 4 rings (SSSR count). The topological polar surface area (TPSA) is 73.5 Å². The summed E-state index contributed by atoms with van der Waals surface area (Å²) in [5.41, 5.74) is 6.55. The summed E-state index contributed by atoms with van der Waals surface area (Å²) in [6, 6.07) is 22.2. The number of hydrogen-bond acceptors (Lipinski definition) is 3. The molecule has 0 aromatic heterocycles. The minimum atomic E-state index is -0.315. The van der Waals surface area contributed by atoms with E-state index in [0.717, 1.165) is 54.9 Å². The Kier molecular flexibility index (Phi) is 10.1. The SMILES string of the molecule is CC(C)NC(=O)c1cc(NC(=O)Nc2c(C(C)C)cccc2C(C)C)ccc1N1CCC(Cc2ccccc2)CC1. The van der Waals surface area contributed by atoms with Gasteiger partial charge in [-0.2, -0.15) is 0 Å². The summed E-state index contributed by atoms with van der Waals surface area (Å²) < 4.78 is 0. The molecule has 3 aromatic rings. The Hall–Kier alpha value is -3.80. The van der Waals surface area contributed by atoms with Gasteiger partial charge in [0.15, 0.2) is 0 Å². The van der Waals surface area contributed by atoms with Crippen molar-refractivity contribution in [2.24, 2.45) is 5.92 Å². The molecule has 3 aromatic carbocycles. The third-order valence-corrected chi connectivity index (χ3v) is 7.85. The van der Waals surface area contributed by atoms with Crippen LogP contribution in [0.5, 0.6) is 0 Å². The van der Waals surface area contributed by atoms with Crippen LogP contribution in [-0.2, 0) is 6.42 Å². The van der Waals surface area contributed by atoms with Crippen LogP contribution < -0.4 is 20.9 Å². The molecule has 1 aliphatic rings. The fourth-order valence-electron chi connectivity index (χ4n) is 5.71. The maximum atomic E-state index is 13.3. The zero-order valence-electron chi connectivity index (χ0n) is 25.5. The summed E-state index contributed by atoms with van der Waals surface area (Å²) in [5, 5.41) is 9.15. The average Bonchev–Trinajstić information content (AvgIpc) is 2.93. The summed E-state index contributed by atoms with van der Waals surface area (Å²) in [5.74, 6) is 1.05. The Bertz CT molecular complexity index is 1300. The third kappa shape index (κ3) is 7.90. The van der Waals surface area contributed by atoms with Crippen LogP contribution >= 0.6 is 0 Å². The van der Waals surface area contributed by atoms with Gasteiger partial charge in [-0.3, -0.25) is 4.79 Å². The number of nitrogens with one attached hydrogen (secondary N) is 3. The van der Waals surface area contributed by atoms with Gasteiger partial charge in [-0.1, -0.05) is 76.2 Å². The summed E-state index contributed by atoms with van der Waals surface area (Å²) >= 11 is 0. The standard InChI is InChI=1S/C35H46N4O2/c1-23(2)29-13-10-14-30(24(3)4)33(29)38-35(41)37-28-15-16-32(31(22-28)34(40)36-25(5)6)39-19-17-27(18-20-39)21-26-11-8-7-9-12-26/h7-16,22-25,27H,17-21H2,1-6H3,(H,36,40)(H2,37,38,41). The van der Waals surface area contributed by atoms with Gasteiger partial charge < -0.3 is 20.9 Å². The van der Waals surface area contributed by atoms with Crippen molar-refractivity contribution in [3.05, 3.63) is 89.0 Å². The van der Waals surface area contributed by atoms with Gasteiger partial charge in [-0.05, 0) is 85.8 Å². The maximum absolute atomic E-state index is 13.3. The first-order valence-electron chi connectivity index (χ1n) is 15.1. The molecule has 1 aliphatic heterocycles. The number of urea groups is 1. The predicted molar refractivity (Wildman–Crippen MR) is 171 cm³/mol. The van der Waals surface area contributed by atoms with E-state index in [4.69, 9.17) is 0 Å². The van der Waals surface area contributed by atoms with E-state index in [1.165, 1.54) is 5.56 Å². The van der Waals surface area contributed by atoms with Crippen molar-refractivity contribution in [2.45, 2.75) is 78.7 Å². The molecular formula is C35H46N4O2. The average molecular weight is 555 g/mol. The number of benzene rings is 3. The zero-order valence-corrected chi connectivity index (χ0v) is 25.5. The van der Waals surface area contributed by atoms with Crippen molar-refractivity contribution in [3.8, 4) is 0 Å². The van der Waals surface area contributed by atoms with Gasteiger partial charge in [-0.15, -0.1) is 0 Å². The normalized spacial score (nSPS) is 14.0. The van der Waals surface area contributed by atoms with E-state index in [9.17, 15) is 9.59 Å². The molecule has 1 heterocycles. The Morgan fingerprint density at radius 1 is 0.805 bits per heavy atom. The molecule has 6 heteroatoms. The van der Waals surface area contributed by atoms with Crippen LogP contribution in [0.3, 0.4) is 0 Å². The molecule has 41 heavy (non-hydrogen) atoms. The minimum absolute atomic E-state index is 0.00821. The lowest BCUT2D eigenvalue weighted by atomic mass is 9.89. The van der Waals surface area contributed by atoms with E-state index in [1.807, 2.05) is 26.0 Å². The highest BCUT2D eigenvalue weighted by atomic mass is 16.2. The number of carbonyl (C=O) groups is 2. The summed E-state index contributed by atoms with van der Waals surface area (Å²) in [6.45, 7) is 14.2.